The van der Waals surface area contributed by atoms with Crippen molar-refractivity contribution in [3.8, 4) is 0 Å². The van der Waals surface area contributed by atoms with E-state index in [1.165, 1.54) is 25.7 Å². The van der Waals surface area contributed by atoms with Crippen LogP contribution in [0.3, 0.4) is 0 Å². The Morgan fingerprint density at radius 2 is 2.25 bits per heavy atom. The topological polar surface area (TPSA) is 63.8 Å². The lowest BCUT2D eigenvalue weighted by Gasteiger charge is -2.27. The summed E-state index contributed by atoms with van der Waals surface area (Å²) in [6, 6.07) is 2.19. The maximum atomic E-state index is 5.67. The zero-order valence-electron chi connectivity index (χ0n) is 9.41. The highest BCUT2D eigenvalue weighted by Crippen LogP contribution is 2.25. The van der Waals surface area contributed by atoms with E-state index in [4.69, 9.17) is 5.73 Å². The third-order valence-corrected chi connectivity index (χ3v) is 3.39. The van der Waals surface area contributed by atoms with E-state index in [9.17, 15) is 0 Å². The van der Waals surface area contributed by atoms with Gasteiger partial charge in [-0.05, 0) is 34.7 Å². The Bertz CT molecular complexity index is 349. The minimum Gasteiger partial charge on any atom is -0.383 e. The maximum absolute atomic E-state index is 5.67. The summed E-state index contributed by atoms with van der Waals surface area (Å²) in [5, 5.41) is 3.36. The summed E-state index contributed by atoms with van der Waals surface area (Å²) >= 11 is 3.32. The van der Waals surface area contributed by atoms with Gasteiger partial charge in [-0.25, -0.2) is 4.98 Å². The van der Waals surface area contributed by atoms with E-state index in [-0.39, 0.29) is 0 Å². The van der Waals surface area contributed by atoms with Crippen molar-refractivity contribution in [3.63, 3.8) is 0 Å². The Hall–Kier alpha value is -0.840. The fraction of sp³-hybridized carbons (Fsp3) is 0.636. The third kappa shape index (κ3) is 3.07. The lowest BCUT2D eigenvalue weighted by atomic mass is 9.87. The molecule has 16 heavy (non-hydrogen) atoms. The molecule has 5 heteroatoms. The van der Waals surface area contributed by atoms with Gasteiger partial charge in [0.2, 0.25) is 5.95 Å². The number of hydrogen-bond acceptors (Lipinski definition) is 4. The number of aromatic nitrogens is 2. The van der Waals surface area contributed by atoms with Gasteiger partial charge in [-0.15, -0.1) is 0 Å². The Morgan fingerprint density at radius 1 is 1.44 bits per heavy atom. The smallest absolute Gasteiger partial charge is 0.225 e. The second-order valence-electron chi connectivity index (χ2n) is 4.55. The molecule has 88 valence electrons. The number of nitrogens with zero attached hydrogens (tertiary/aromatic N) is 2. The maximum Gasteiger partial charge on any atom is 0.225 e. The minimum absolute atomic E-state index is 0.484. The van der Waals surface area contributed by atoms with Gasteiger partial charge < -0.3 is 11.1 Å². The van der Waals surface area contributed by atoms with Crippen molar-refractivity contribution in [2.45, 2.75) is 38.6 Å². The summed E-state index contributed by atoms with van der Waals surface area (Å²) in [5.41, 5.74) is 5.67. The zero-order chi connectivity index (χ0) is 11.5. The summed E-state index contributed by atoms with van der Waals surface area (Å²) in [6.07, 6.45) is 5.00. The van der Waals surface area contributed by atoms with E-state index in [1.807, 2.05) is 0 Å². The molecule has 0 spiro atoms. The highest BCUT2D eigenvalue weighted by Gasteiger charge is 2.19. The molecule has 0 aromatic carbocycles. The van der Waals surface area contributed by atoms with E-state index in [1.54, 1.807) is 6.07 Å². The van der Waals surface area contributed by atoms with Gasteiger partial charge in [-0.1, -0.05) is 19.8 Å². The second kappa shape index (κ2) is 4.99. The van der Waals surface area contributed by atoms with Crippen LogP contribution in [-0.4, -0.2) is 16.0 Å². The quantitative estimate of drug-likeness (QED) is 0.820. The first-order chi connectivity index (χ1) is 7.63. The van der Waals surface area contributed by atoms with Crippen molar-refractivity contribution in [3.05, 3.63) is 10.7 Å². The summed E-state index contributed by atoms with van der Waals surface area (Å²) in [6.45, 7) is 2.30. The van der Waals surface area contributed by atoms with E-state index < -0.39 is 0 Å². The molecule has 0 aliphatic heterocycles. The van der Waals surface area contributed by atoms with Crippen LogP contribution in [0, 0.1) is 5.92 Å². The van der Waals surface area contributed by atoms with Gasteiger partial charge >= 0.3 is 0 Å². The summed E-state index contributed by atoms with van der Waals surface area (Å²) in [7, 11) is 0. The van der Waals surface area contributed by atoms with E-state index in [0.717, 1.165) is 10.5 Å². The molecule has 0 amide bonds. The molecule has 1 aliphatic rings. The van der Waals surface area contributed by atoms with E-state index in [2.05, 4.69) is 38.1 Å². The largest absolute Gasteiger partial charge is 0.383 e. The number of hydrogen-bond donors (Lipinski definition) is 2. The standard InChI is InChI=1S/C11H17BrN4/c1-7-3-2-4-8(5-7)14-11-15-9(12)6-10(13)16-11/h6-8H,2-5H2,1H3,(H3,13,14,15,16). The van der Waals surface area contributed by atoms with Crippen LogP contribution >= 0.6 is 15.9 Å². The number of nitrogen functional groups attached to an aromatic ring is 1. The number of anilines is 2. The zero-order valence-corrected chi connectivity index (χ0v) is 11.0. The molecule has 1 saturated carbocycles. The SMILES string of the molecule is CC1CCCC(Nc2nc(N)cc(Br)n2)C1. The Balaban J connectivity index is 2.02. The van der Waals surface area contributed by atoms with Crippen molar-refractivity contribution in [1.82, 2.24) is 9.97 Å². The van der Waals surface area contributed by atoms with Crippen LogP contribution in [0.25, 0.3) is 0 Å². The highest BCUT2D eigenvalue weighted by molar-refractivity contribution is 9.10. The van der Waals surface area contributed by atoms with Crippen LogP contribution in [0.5, 0.6) is 0 Å². The van der Waals surface area contributed by atoms with Gasteiger partial charge in [0.1, 0.15) is 10.4 Å². The van der Waals surface area contributed by atoms with Gasteiger partial charge in [-0.3, -0.25) is 0 Å². The van der Waals surface area contributed by atoms with Gasteiger partial charge in [0, 0.05) is 12.1 Å². The average molecular weight is 285 g/mol. The van der Waals surface area contributed by atoms with Crippen molar-refractivity contribution in [2.24, 2.45) is 5.92 Å². The summed E-state index contributed by atoms with van der Waals surface area (Å²) in [5.74, 6) is 1.91. The lowest BCUT2D eigenvalue weighted by Crippen LogP contribution is -2.27. The van der Waals surface area contributed by atoms with Gasteiger partial charge in [0.05, 0.1) is 0 Å². The molecule has 1 aromatic rings. The molecule has 1 aliphatic carbocycles. The van der Waals surface area contributed by atoms with Crippen LogP contribution < -0.4 is 11.1 Å². The number of nitrogens with one attached hydrogen (secondary N) is 1. The predicted octanol–water partition coefficient (Wildman–Crippen LogP) is 2.81. The Morgan fingerprint density at radius 3 is 2.94 bits per heavy atom. The monoisotopic (exact) mass is 284 g/mol. The van der Waals surface area contributed by atoms with E-state index in [0.29, 0.717) is 17.8 Å². The second-order valence-corrected chi connectivity index (χ2v) is 5.36. The normalized spacial score (nSPS) is 25.4. The molecule has 1 heterocycles. The highest BCUT2D eigenvalue weighted by atomic mass is 79.9. The molecule has 0 bridgehead atoms. The first-order valence-corrected chi connectivity index (χ1v) is 6.49. The van der Waals surface area contributed by atoms with Crippen LogP contribution in [-0.2, 0) is 0 Å². The van der Waals surface area contributed by atoms with Crippen molar-refractivity contribution in [2.75, 3.05) is 11.1 Å². The minimum atomic E-state index is 0.484. The van der Waals surface area contributed by atoms with E-state index >= 15 is 0 Å². The molecule has 2 unspecified atom stereocenters. The van der Waals surface area contributed by atoms with Gasteiger partial charge in [-0.2, -0.15) is 4.98 Å². The summed E-state index contributed by atoms with van der Waals surface area (Å²) < 4.78 is 0.728. The fourth-order valence-corrected chi connectivity index (χ4v) is 2.65. The molecular formula is C11H17BrN4. The van der Waals surface area contributed by atoms with Crippen molar-refractivity contribution in [1.29, 1.82) is 0 Å². The molecule has 4 nitrogen and oxygen atoms in total. The summed E-state index contributed by atoms with van der Waals surface area (Å²) in [4.78, 5) is 8.45. The molecule has 1 fully saturated rings. The van der Waals surface area contributed by atoms with Crippen LogP contribution in [0.1, 0.15) is 32.6 Å². The molecule has 2 rings (SSSR count). The first-order valence-electron chi connectivity index (χ1n) is 5.70. The van der Waals surface area contributed by atoms with Crippen molar-refractivity contribution >= 4 is 27.7 Å². The molecule has 0 saturated heterocycles. The Labute approximate surface area is 104 Å². The van der Waals surface area contributed by atoms with Gasteiger partial charge in [0.15, 0.2) is 0 Å². The van der Waals surface area contributed by atoms with Crippen LogP contribution in [0.4, 0.5) is 11.8 Å². The fourth-order valence-electron chi connectivity index (χ4n) is 2.25. The first kappa shape index (κ1) is 11.6. The number of rotatable bonds is 2. The van der Waals surface area contributed by atoms with Gasteiger partial charge in [0.25, 0.3) is 0 Å². The molecular weight excluding hydrogens is 268 g/mol. The molecule has 1 aromatic heterocycles. The number of halogens is 1. The predicted molar refractivity (Wildman–Crippen MR) is 69.2 cm³/mol. The molecule has 0 radical (unpaired) electrons. The lowest BCUT2D eigenvalue weighted by molar-refractivity contribution is 0.357. The average Bonchev–Trinajstić information content (AvgIpc) is 2.15. The molecule has 3 N–H and O–H groups in total. The van der Waals surface area contributed by atoms with Crippen LogP contribution in [0.15, 0.2) is 10.7 Å². The number of nitrogens with two attached hydrogens (primary N) is 1. The van der Waals surface area contributed by atoms with Crippen molar-refractivity contribution < 1.29 is 0 Å². The Kier molecular flexibility index (Phi) is 3.63. The van der Waals surface area contributed by atoms with Crippen LogP contribution in [0.2, 0.25) is 0 Å². The molecule has 2 atom stereocenters. The third-order valence-electron chi connectivity index (χ3n) is 2.98.